The van der Waals surface area contributed by atoms with E-state index in [0.29, 0.717) is 42.6 Å². The molecule has 3 rings (SSSR count). The van der Waals surface area contributed by atoms with Crippen molar-refractivity contribution in [3.8, 4) is 0 Å². The molecule has 1 saturated heterocycles. The van der Waals surface area contributed by atoms with Gasteiger partial charge in [0, 0.05) is 30.6 Å². The smallest absolute Gasteiger partial charge is 0.369 e. The third-order valence-electron chi connectivity index (χ3n) is 4.40. The monoisotopic (exact) mass is 413 g/mol. The second-order valence-corrected chi connectivity index (χ2v) is 7.30. The van der Waals surface area contributed by atoms with E-state index in [4.69, 9.17) is 5.73 Å². The van der Waals surface area contributed by atoms with Crippen molar-refractivity contribution >= 4 is 34.1 Å². The van der Waals surface area contributed by atoms with Crippen LogP contribution < -0.4 is 16.0 Å². The van der Waals surface area contributed by atoms with Crippen LogP contribution in [-0.4, -0.2) is 34.9 Å². The van der Waals surface area contributed by atoms with Crippen molar-refractivity contribution in [2.45, 2.75) is 25.4 Å². The Morgan fingerprint density at radius 1 is 1.29 bits per heavy atom. The molecule has 28 heavy (non-hydrogen) atoms. The Hall–Kier alpha value is -2.69. The number of alkyl halides is 3. The van der Waals surface area contributed by atoms with Crippen molar-refractivity contribution in [2.75, 3.05) is 23.3 Å². The van der Waals surface area contributed by atoms with Gasteiger partial charge in [-0.3, -0.25) is 9.59 Å². The van der Waals surface area contributed by atoms with Crippen molar-refractivity contribution < 1.29 is 22.8 Å². The van der Waals surface area contributed by atoms with Gasteiger partial charge in [-0.05, 0) is 25.0 Å². The fourth-order valence-electron chi connectivity index (χ4n) is 2.94. The number of nitrogens with two attached hydrogens (primary N) is 1. The van der Waals surface area contributed by atoms with Gasteiger partial charge in [0.2, 0.25) is 11.8 Å². The topological polar surface area (TPSA) is 101 Å². The molecule has 11 heteroatoms. The Kier molecular flexibility index (Phi) is 5.82. The first-order valence-corrected chi connectivity index (χ1v) is 9.42. The zero-order valence-corrected chi connectivity index (χ0v) is 15.5. The molecule has 2 aromatic heterocycles. The van der Waals surface area contributed by atoms with Crippen molar-refractivity contribution in [1.29, 1.82) is 0 Å². The highest BCUT2D eigenvalue weighted by Gasteiger charge is 2.31. The molecule has 3 heterocycles. The van der Waals surface area contributed by atoms with E-state index in [-0.39, 0.29) is 18.2 Å². The number of carbonyl (C=O) groups is 2. The Morgan fingerprint density at radius 2 is 2.00 bits per heavy atom. The molecular weight excluding hydrogens is 395 g/mol. The van der Waals surface area contributed by atoms with E-state index in [1.807, 2.05) is 4.90 Å². The van der Waals surface area contributed by atoms with E-state index in [0.717, 1.165) is 12.3 Å². The molecule has 1 fully saturated rings. The van der Waals surface area contributed by atoms with Crippen LogP contribution in [0.4, 0.5) is 24.1 Å². The summed E-state index contributed by atoms with van der Waals surface area (Å²) in [6.45, 7) is 1.03. The number of thiazole rings is 1. The Labute approximate surface area is 162 Å². The molecule has 0 saturated carbocycles. The molecule has 0 aliphatic carbocycles. The number of aromatic nitrogens is 2. The summed E-state index contributed by atoms with van der Waals surface area (Å²) in [6.07, 6.45) is -2.48. The predicted molar refractivity (Wildman–Crippen MR) is 97.8 cm³/mol. The van der Waals surface area contributed by atoms with Gasteiger partial charge in [-0.2, -0.15) is 13.2 Å². The maximum Gasteiger partial charge on any atom is 0.417 e. The van der Waals surface area contributed by atoms with Gasteiger partial charge in [0.25, 0.3) is 0 Å². The van der Waals surface area contributed by atoms with E-state index >= 15 is 0 Å². The summed E-state index contributed by atoms with van der Waals surface area (Å²) in [7, 11) is 0. The van der Waals surface area contributed by atoms with Crippen LogP contribution in [0.5, 0.6) is 0 Å². The van der Waals surface area contributed by atoms with Crippen molar-refractivity contribution in [1.82, 2.24) is 9.97 Å². The lowest BCUT2D eigenvalue weighted by atomic mass is 9.96. The summed E-state index contributed by atoms with van der Waals surface area (Å²) < 4.78 is 37.9. The fraction of sp³-hybridized carbons (Fsp3) is 0.412. The average Bonchev–Trinajstić information content (AvgIpc) is 3.07. The molecule has 2 amide bonds. The maximum atomic E-state index is 12.6. The van der Waals surface area contributed by atoms with Gasteiger partial charge in [0.1, 0.15) is 5.82 Å². The van der Waals surface area contributed by atoms with Crippen LogP contribution in [0, 0.1) is 5.92 Å². The third kappa shape index (κ3) is 4.97. The number of halogens is 3. The SMILES string of the molecule is NC(=O)Cc1csc(NC(=O)C2CCN(c3ccc(C(F)(F)F)cn3)CC2)n1. The fourth-order valence-corrected chi connectivity index (χ4v) is 3.66. The number of anilines is 2. The minimum Gasteiger partial charge on any atom is -0.369 e. The molecule has 0 aromatic carbocycles. The molecule has 0 atom stereocenters. The van der Waals surface area contributed by atoms with Gasteiger partial charge in [-0.25, -0.2) is 9.97 Å². The normalized spacial score (nSPS) is 15.5. The van der Waals surface area contributed by atoms with Gasteiger partial charge in [-0.1, -0.05) is 0 Å². The molecule has 7 nitrogen and oxygen atoms in total. The highest BCUT2D eigenvalue weighted by atomic mass is 32.1. The van der Waals surface area contributed by atoms with Crippen LogP contribution >= 0.6 is 11.3 Å². The lowest BCUT2D eigenvalue weighted by Gasteiger charge is -2.32. The maximum absolute atomic E-state index is 12.6. The summed E-state index contributed by atoms with van der Waals surface area (Å²) >= 11 is 1.22. The first-order chi connectivity index (χ1) is 13.2. The van der Waals surface area contributed by atoms with Crippen LogP contribution in [-0.2, 0) is 22.2 Å². The van der Waals surface area contributed by atoms with Crippen LogP contribution in [0.2, 0.25) is 0 Å². The average molecular weight is 413 g/mol. The predicted octanol–water partition coefficient (Wildman–Crippen LogP) is 2.44. The third-order valence-corrected chi connectivity index (χ3v) is 5.21. The van der Waals surface area contributed by atoms with Crippen molar-refractivity contribution in [3.05, 3.63) is 35.0 Å². The Morgan fingerprint density at radius 3 is 2.57 bits per heavy atom. The first kappa shape index (κ1) is 20.1. The molecule has 2 aromatic rings. The number of piperidine rings is 1. The van der Waals surface area contributed by atoms with Crippen LogP contribution in [0.3, 0.4) is 0 Å². The second kappa shape index (κ2) is 8.13. The summed E-state index contributed by atoms with van der Waals surface area (Å²) in [4.78, 5) is 33.2. The summed E-state index contributed by atoms with van der Waals surface area (Å²) in [5, 5.41) is 4.82. The molecule has 150 valence electrons. The van der Waals surface area contributed by atoms with Crippen LogP contribution in [0.25, 0.3) is 0 Å². The van der Waals surface area contributed by atoms with Crippen molar-refractivity contribution in [2.24, 2.45) is 11.7 Å². The lowest BCUT2D eigenvalue weighted by Crippen LogP contribution is -2.38. The number of nitrogens with zero attached hydrogens (tertiary/aromatic N) is 3. The van der Waals surface area contributed by atoms with Crippen molar-refractivity contribution in [3.63, 3.8) is 0 Å². The summed E-state index contributed by atoms with van der Waals surface area (Å²) in [5.74, 6) is -0.426. The number of nitrogens with one attached hydrogen (secondary N) is 1. The zero-order valence-electron chi connectivity index (χ0n) is 14.7. The number of carbonyl (C=O) groups excluding carboxylic acids is 2. The Bertz CT molecular complexity index is 845. The standard InChI is InChI=1S/C17H18F3N5O2S/c18-17(19,20)11-1-2-14(22-8-11)25-5-3-10(4-6-25)15(27)24-16-23-12(9-28-16)7-13(21)26/h1-2,8-10H,3-7H2,(H2,21,26)(H,23,24,27). The number of primary amides is 1. The van der Waals surface area contributed by atoms with E-state index in [2.05, 4.69) is 15.3 Å². The second-order valence-electron chi connectivity index (χ2n) is 6.44. The first-order valence-electron chi connectivity index (χ1n) is 8.54. The summed E-state index contributed by atoms with van der Waals surface area (Å²) in [6, 6.07) is 2.35. The number of hydrogen-bond acceptors (Lipinski definition) is 6. The van der Waals surface area contributed by atoms with Gasteiger partial charge in [0.15, 0.2) is 5.13 Å². The lowest BCUT2D eigenvalue weighted by molar-refractivity contribution is -0.137. The molecule has 1 aliphatic rings. The number of pyridine rings is 1. The number of amides is 2. The van der Waals surface area contributed by atoms with Gasteiger partial charge >= 0.3 is 6.18 Å². The largest absolute Gasteiger partial charge is 0.417 e. The molecule has 3 N–H and O–H groups in total. The van der Waals surface area contributed by atoms with Gasteiger partial charge < -0.3 is 16.0 Å². The quantitative estimate of drug-likeness (QED) is 0.784. The minimum absolute atomic E-state index is 0.0187. The van der Waals surface area contributed by atoms with E-state index in [9.17, 15) is 22.8 Å². The van der Waals surface area contributed by atoms with Crippen LogP contribution in [0.1, 0.15) is 24.1 Å². The molecule has 1 aliphatic heterocycles. The molecule has 0 bridgehead atoms. The highest BCUT2D eigenvalue weighted by Crippen LogP contribution is 2.30. The van der Waals surface area contributed by atoms with E-state index < -0.39 is 17.6 Å². The molecule has 0 radical (unpaired) electrons. The van der Waals surface area contributed by atoms with Crippen LogP contribution in [0.15, 0.2) is 23.7 Å². The van der Waals surface area contributed by atoms with E-state index in [1.165, 1.54) is 17.4 Å². The molecular formula is C17H18F3N5O2S. The molecule has 0 unspecified atom stereocenters. The highest BCUT2D eigenvalue weighted by molar-refractivity contribution is 7.13. The van der Waals surface area contributed by atoms with Gasteiger partial charge in [0.05, 0.1) is 17.7 Å². The summed E-state index contributed by atoms with van der Waals surface area (Å²) in [5.41, 5.74) is 4.84. The minimum atomic E-state index is -4.41. The zero-order chi connectivity index (χ0) is 20.3. The Balaban J connectivity index is 1.52. The van der Waals surface area contributed by atoms with Gasteiger partial charge in [-0.15, -0.1) is 11.3 Å². The van der Waals surface area contributed by atoms with E-state index in [1.54, 1.807) is 5.38 Å². The number of hydrogen-bond donors (Lipinski definition) is 2. The molecule has 0 spiro atoms. The number of rotatable bonds is 5.